The largest absolute Gasteiger partial charge is 0.493 e. The summed E-state index contributed by atoms with van der Waals surface area (Å²) >= 11 is 0. The highest BCUT2D eigenvalue weighted by Crippen LogP contribution is 2.41. The van der Waals surface area contributed by atoms with E-state index in [2.05, 4.69) is 0 Å². The Hall–Kier alpha value is -2.17. The van der Waals surface area contributed by atoms with E-state index in [9.17, 15) is 0 Å². The minimum absolute atomic E-state index is 0.480. The van der Waals surface area contributed by atoms with Crippen LogP contribution in [0.15, 0.2) is 18.3 Å². The number of hydrogen-bond donors (Lipinski definition) is 2. The van der Waals surface area contributed by atoms with Crippen molar-refractivity contribution in [2.45, 2.75) is 0 Å². The molecular weight excluding hydrogens is 220 g/mol. The van der Waals surface area contributed by atoms with Crippen LogP contribution in [0.1, 0.15) is 5.56 Å². The average molecular weight is 236 g/mol. The zero-order valence-corrected chi connectivity index (χ0v) is 10.1. The van der Waals surface area contributed by atoms with Crippen LogP contribution in [0.4, 0.5) is 0 Å². The van der Waals surface area contributed by atoms with Crippen LogP contribution in [-0.4, -0.2) is 27.5 Å². The molecule has 0 heterocycles. The van der Waals surface area contributed by atoms with Gasteiger partial charge in [0.15, 0.2) is 11.5 Å². The number of nitrogens with two attached hydrogens (primary N) is 1. The Morgan fingerprint density at radius 2 is 1.76 bits per heavy atom. The molecule has 0 aliphatic heterocycles. The maximum Gasteiger partial charge on any atom is 0.203 e. The van der Waals surface area contributed by atoms with Crippen molar-refractivity contribution in [2.24, 2.45) is 5.73 Å². The molecule has 0 aliphatic carbocycles. The van der Waals surface area contributed by atoms with Gasteiger partial charge >= 0.3 is 0 Å². The summed E-state index contributed by atoms with van der Waals surface area (Å²) in [4.78, 5) is 0. The zero-order valence-electron chi connectivity index (χ0n) is 10.1. The zero-order chi connectivity index (χ0) is 12.8. The smallest absolute Gasteiger partial charge is 0.203 e. The van der Waals surface area contributed by atoms with Gasteiger partial charge in [0, 0.05) is 23.6 Å². The van der Waals surface area contributed by atoms with Crippen LogP contribution in [0.2, 0.25) is 0 Å². The van der Waals surface area contributed by atoms with E-state index >= 15 is 0 Å². The highest BCUT2D eigenvalue weighted by Gasteiger charge is 2.17. The molecule has 0 radical (unpaired) electrons. The van der Waals surface area contributed by atoms with Gasteiger partial charge in [-0.1, -0.05) is 0 Å². The molecule has 92 valence electrons. The van der Waals surface area contributed by atoms with Gasteiger partial charge in [-0.05, 0) is 12.1 Å². The van der Waals surface area contributed by atoms with Gasteiger partial charge < -0.3 is 25.4 Å². The molecule has 5 heteroatoms. The molecule has 0 unspecified atom stereocenters. The Kier molecular flexibility index (Phi) is 4.39. The summed E-state index contributed by atoms with van der Waals surface area (Å²) in [5.41, 5.74) is 6.69. The molecule has 1 rings (SSSR count). The Balaban J connectivity index is 3.48. The van der Waals surface area contributed by atoms with Crippen LogP contribution in [0.3, 0.4) is 0 Å². The SMILES string of the molecule is COc1ccc(/C(C=N)=C\N)c(OC)c1OC. The van der Waals surface area contributed by atoms with Crippen LogP contribution in [-0.2, 0) is 0 Å². The number of hydrogen-bond acceptors (Lipinski definition) is 5. The first kappa shape index (κ1) is 12.9. The highest BCUT2D eigenvalue weighted by molar-refractivity contribution is 6.09. The molecule has 3 N–H and O–H groups in total. The van der Waals surface area contributed by atoms with Crippen LogP contribution in [0, 0.1) is 5.41 Å². The van der Waals surface area contributed by atoms with Crippen molar-refractivity contribution in [3.63, 3.8) is 0 Å². The van der Waals surface area contributed by atoms with E-state index in [0.717, 1.165) is 6.21 Å². The minimum Gasteiger partial charge on any atom is -0.493 e. The summed E-state index contributed by atoms with van der Waals surface area (Å²) in [6.07, 6.45) is 2.50. The maximum atomic E-state index is 7.29. The normalized spacial score (nSPS) is 10.9. The van der Waals surface area contributed by atoms with Gasteiger partial charge in [-0.2, -0.15) is 0 Å². The van der Waals surface area contributed by atoms with Gasteiger partial charge in [0.1, 0.15) is 0 Å². The van der Waals surface area contributed by atoms with Gasteiger partial charge in [-0.3, -0.25) is 0 Å². The van der Waals surface area contributed by atoms with Gasteiger partial charge in [0.25, 0.3) is 0 Å². The van der Waals surface area contributed by atoms with E-state index < -0.39 is 0 Å². The molecule has 17 heavy (non-hydrogen) atoms. The van der Waals surface area contributed by atoms with Crippen LogP contribution >= 0.6 is 0 Å². The molecule has 0 aliphatic rings. The highest BCUT2D eigenvalue weighted by atomic mass is 16.5. The lowest BCUT2D eigenvalue weighted by atomic mass is 10.1. The third-order valence-corrected chi connectivity index (χ3v) is 2.35. The van der Waals surface area contributed by atoms with E-state index in [1.165, 1.54) is 20.4 Å². The number of rotatable bonds is 5. The predicted molar refractivity (Wildman–Crippen MR) is 67.0 cm³/mol. The van der Waals surface area contributed by atoms with Crippen molar-refractivity contribution >= 4 is 11.8 Å². The minimum atomic E-state index is 0.480. The number of methoxy groups -OCH3 is 3. The van der Waals surface area contributed by atoms with Crippen LogP contribution in [0.25, 0.3) is 5.57 Å². The van der Waals surface area contributed by atoms with E-state index in [1.807, 2.05) is 0 Å². The lowest BCUT2D eigenvalue weighted by Gasteiger charge is -2.15. The molecule has 0 fully saturated rings. The van der Waals surface area contributed by atoms with Crippen molar-refractivity contribution in [1.29, 1.82) is 5.41 Å². The molecule has 0 spiro atoms. The predicted octanol–water partition coefficient (Wildman–Crippen LogP) is 1.66. The number of benzene rings is 1. The molecule has 1 aromatic carbocycles. The summed E-state index contributed by atoms with van der Waals surface area (Å²) in [6.45, 7) is 0. The molecule has 0 amide bonds. The van der Waals surface area contributed by atoms with Gasteiger partial charge in [0.05, 0.1) is 21.3 Å². The molecule has 0 aromatic heterocycles. The Morgan fingerprint density at radius 3 is 2.18 bits per heavy atom. The lowest BCUT2D eigenvalue weighted by molar-refractivity contribution is 0.324. The topological polar surface area (TPSA) is 77.6 Å². The standard InChI is InChI=1S/C12H16N2O3/c1-15-10-5-4-9(8(6-13)7-14)11(16-2)12(10)17-3/h4-7,13H,14H2,1-3H3/b8-7-,13-6?. The molecule has 0 atom stereocenters. The Morgan fingerprint density at radius 1 is 1.12 bits per heavy atom. The van der Waals surface area contributed by atoms with Gasteiger partial charge in [0.2, 0.25) is 5.75 Å². The molecule has 0 saturated heterocycles. The third-order valence-electron chi connectivity index (χ3n) is 2.35. The van der Waals surface area contributed by atoms with Crippen molar-refractivity contribution in [1.82, 2.24) is 0 Å². The van der Waals surface area contributed by atoms with Crippen LogP contribution in [0.5, 0.6) is 17.2 Å². The van der Waals surface area contributed by atoms with E-state index in [1.54, 1.807) is 19.2 Å². The number of allylic oxidation sites excluding steroid dienone is 1. The molecule has 5 nitrogen and oxygen atoms in total. The Bertz CT molecular complexity index is 442. The van der Waals surface area contributed by atoms with E-state index in [0.29, 0.717) is 28.4 Å². The second-order valence-corrected chi connectivity index (χ2v) is 3.15. The van der Waals surface area contributed by atoms with E-state index in [4.69, 9.17) is 25.4 Å². The summed E-state index contributed by atoms with van der Waals surface area (Å²) in [6, 6.07) is 3.51. The molecule has 1 aromatic rings. The fraction of sp³-hybridized carbons (Fsp3) is 0.250. The second-order valence-electron chi connectivity index (χ2n) is 3.15. The molecule has 0 saturated carbocycles. The molecule has 0 bridgehead atoms. The fourth-order valence-electron chi connectivity index (χ4n) is 1.54. The van der Waals surface area contributed by atoms with Gasteiger partial charge in [-0.15, -0.1) is 0 Å². The summed E-state index contributed by atoms with van der Waals surface area (Å²) in [5.74, 6) is 1.54. The van der Waals surface area contributed by atoms with Crippen molar-refractivity contribution in [2.75, 3.05) is 21.3 Å². The lowest BCUT2D eigenvalue weighted by Crippen LogP contribution is -2.00. The first-order chi connectivity index (χ1) is 8.23. The average Bonchev–Trinajstić information content (AvgIpc) is 2.39. The third kappa shape index (κ3) is 2.33. The number of nitrogens with one attached hydrogen (secondary N) is 1. The monoisotopic (exact) mass is 236 g/mol. The fourth-order valence-corrected chi connectivity index (χ4v) is 1.54. The van der Waals surface area contributed by atoms with E-state index in [-0.39, 0.29) is 0 Å². The quantitative estimate of drug-likeness (QED) is 0.762. The van der Waals surface area contributed by atoms with Crippen LogP contribution < -0.4 is 19.9 Å². The second kappa shape index (κ2) is 5.79. The van der Waals surface area contributed by atoms with Crippen molar-refractivity contribution in [3.05, 3.63) is 23.9 Å². The summed E-state index contributed by atoms with van der Waals surface area (Å²) in [5, 5.41) is 7.29. The summed E-state index contributed by atoms with van der Waals surface area (Å²) < 4.78 is 15.7. The van der Waals surface area contributed by atoms with Gasteiger partial charge in [-0.25, -0.2) is 0 Å². The van der Waals surface area contributed by atoms with Crippen molar-refractivity contribution in [3.8, 4) is 17.2 Å². The Labute approximate surface area is 100 Å². The molecular formula is C12H16N2O3. The first-order valence-electron chi connectivity index (χ1n) is 4.95. The first-order valence-corrected chi connectivity index (χ1v) is 4.95. The number of ether oxygens (including phenoxy) is 3. The maximum absolute atomic E-state index is 7.29. The summed E-state index contributed by atoms with van der Waals surface area (Å²) in [7, 11) is 4.60. The van der Waals surface area contributed by atoms with Crippen molar-refractivity contribution < 1.29 is 14.2 Å².